The Labute approximate surface area is 178 Å². The number of carbonyl (C=O) groups is 1. The molecule has 1 unspecified atom stereocenters. The van der Waals surface area contributed by atoms with E-state index in [1.54, 1.807) is 17.8 Å². The van der Waals surface area contributed by atoms with Crippen LogP contribution in [0.4, 0.5) is 4.39 Å². The van der Waals surface area contributed by atoms with Gasteiger partial charge in [0.25, 0.3) is 0 Å². The summed E-state index contributed by atoms with van der Waals surface area (Å²) >= 11 is 6.10. The minimum atomic E-state index is -1.15. The number of carboxylic acid groups (broad SMARTS) is 1. The van der Waals surface area contributed by atoms with Crippen LogP contribution in [0.15, 0.2) is 37.4 Å². The Kier molecular flexibility index (Phi) is 5.82. The van der Waals surface area contributed by atoms with Gasteiger partial charge in [-0.3, -0.25) is 4.99 Å². The number of carboxylic acids is 1. The molecule has 1 aliphatic heterocycles. The number of hydrogen-bond donors (Lipinski definition) is 1. The quantitative estimate of drug-likeness (QED) is 0.619. The van der Waals surface area contributed by atoms with E-state index in [-0.39, 0.29) is 5.82 Å². The lowest BCUT2D eigenvalue weighted by Crippen LogP contribution is -2.37. The maximum atomic E-state index is 13.4. The second-order valence-electron chi connectivity index (χ2n) is 6.46. The van der Waals surface area contributed by atoms with Gasteiger partial charge in [-0.05, 0) is 35.9 Å². The molecular weight excluding hydrogens is 437 g/mol. The van der Waals surface area contributed by atoms with E-state index < -0.39 is 11.5 Å². The first kappa shape index (κ1) is 19.9. The van der Waals surface area contributed by atoms with Crippen LogP contribution in [0.5, 0.6) is 0 Å². The highest BCUT2D eigenvalue weighted by atomic mass is 32.2. The third-order valence-corrected chi connectivity index (χ3v) is 8.91. The van der Waals surface area contributed by atoms with Gasteiger partial charge in [0.15, 0.2) is 14.2 Å². The monoisotopic (exact) mass is 453 g/mol. The third kappa shape index (κ3) is 4.14. The lowest BCUT2D eigenvalue weighted by molar-refractivity contribution is -0.142. The Hall–Kier alpha value is -1.36. The van der Waals surface area contributed by atoms with E-state index in [1.807, 2.05) is 12.3 Å². The second kappa shape index (κ2) is 8.17. The number of aliphatic carboxylic acids is 1. The highest BCUT2D eigenvalue weighted by Gasteiger charge is 2.44. The number of aromatic nitrogens is 2. The van der Waals surface area contributed by atoms with Crippen molar-refractivity contribution < 1.29 is 14.3 Å². The maximum Gasteiger partial charge on any atom is 0.332 e. The lowest BCUT2D eigenvalue weighted by Gasteiger charge is -2.20. The molecule has 146 valence electrons. The second-order valence-corrected chi connectivity index (χ2v) is 10.8. The highest BCUT2D eigenvalue weighted by Crippen LogP contribution is 2.39. The van der Waals surface area contributed by atoms with E-state index in [2.05, 4.69) is 15.2 Å². The number of rotatable bonds is 7. The van der Waals surface area contributed by atoms with Crippen LogP contribution in [-0.2, 0) is 11.2 Å². The van der Waals surface area contributed by atoms with Gasteiger partial charge in [0.05, 0.1) is 5.04 Å². The molecule has 28 heavy (non-hydrogen) atoms. The summed E-state index contributed by atoms with van der Waals surface area (Å²) in [6, 6.07) is 4.69. The molecular formula is C18H16FN3O2S4. The summed E-state index contributed by atoms with van der Waals surface area (Å²) < 4.78 is 15.2. The van der Waals surface area contributed by atoms with E-state index in [0.29, 0.717) is 24.3 Å². The van der Waals surface area contributed by atoms with Gasteiger partial charge in [0.2, 0.25) is 0 Å². The largest absolute Gasteiger partial charge is 0.479 e. The van der Waals surface area contributed by atoms with Gasteiger partial charge in [-0.1, -0.05) is 52.6 Å². The fourth-order valence-corrected chi connectivity index (χ4v) is 6.86. The molecule has 0 radical (unpaired) electrons. The predicted octanol–water partition coefficient (Wildman–Crippen LogP) is 4.49. The van der Waals surface area contributed by atoms with E-state index >= 15 is 0 Å². The van der Waals surface area contributed by atoms with Crippen LogP contribution in [0, 0.1) is 5.82 Å². The fourth-order valence-electron chi connectivity index (χ4n) is 3.19. The third-order valence-electron chi connectivity index (χ3n) is 4.50. The zero-order valence-electron chi connectivity index (χ0n) is 14.8. The number of fused-ring (bicyclic) bond motifs is 1. The molecule has 1 aromatic heterocycles. The van der Waals surface area contributed by atoms with Crippen LogP contribution in [0.2, 0.25) is 0 Å². The van der Waals surface area contributed by atoms with Crippen molar-refractivity contribution in [2.24, 2.45) is 4.99 Å². The molecule has 4 rings (SSSR count). The number of aliphatic imine (C=N–C) groups is 1. The number of thioether (sulfide) groups is 3. The van der Waals surface area contributed by atoms with Crippen LogP contribution in [0.25, 0.3) is 6.08 Å². The van der Waals surface area contributed by atoms with Crippen LogP contribution in [0.3, 0.4) is 0 Å². The van der Waals surface area contributed by atoms with Gasteiger partial charge in [0.1, 0.15) is 5.82 Å². The normalized spacial score (nSPS) is 20.8. The SMILES string of the molecule is CSc1nnc(SCC2=NC(CC3=Cc4ccc(F)cc4C3)(C(=O)O)CS2)s1. The molecule has 1 N–H and O–H groups in total. The predicted molar refractivity (Wildman–Crippen MR) is 115 cm³/mol. The molecule has 2 aliphatic rings. The van der Waals surface area contributed by atoms with E-state index in [9.17, 15) is 14.3 Å². The minimum Gasteiger partial charge on any atom is -0.479 e. The van der Waals surface area contributed by atoms with Crippen molar-refractivity contribution in [3.63, 3.8) is 0 Å². The van der Waals surface area contributed by atoms with E-state index in [1.165, 1.54) is 47.0 Å². The molecule has 0 fully saturated rings. The number of halogens is 1. The molecule has 1 aliphatic carbocycles. The van der Waals surface area contributed by atoms with Crippen LogP contribution in [-0.4, -0.2) is 49.6 Å². The average Bonchev–Trinajstić information content (AvgIpc) is 3.38. The molecule has 1 aromatic carbocycles. The van der Waals surface area contributed by atoms with Crippen molar-refractivity contribution in [3.8, 4) is 0 Å². The lowest BCUT2D eigenvalue weighted by atomic mass is 9.92. The average molecular weight is 454 g/mol. The number of hydrogen-bond acceptors (Lipinski definition) is 8. The number of benzene rings is 1. The van der Waals surface area contributed by atoms with Crippen LogP contribution in [0.1, 0.15) is 17.5 Å². The minimum absolute atomic E-state index is 0.267. The summed E-state index contributed by atoms with van der Waals surface area (Å²) in [7, 11) is 0. The molecule has 0 amide bonds. The molecule has 0 saturated carbocycles. The van der Waals surface area contributed by atoms with Crippen molar-refractivity contribution in [2.75, 3.05) is 17.8 Å². The summed E-state index contributed by atoms with van der Waals surface area (Å²) in [5.41, 5.74) is 1.69. The summed E-state index contributed by atoms with van der Waals surface area (Å²) in [5.74, 6) is -0.181. The molecule has 0 saturated heterocycles. The molecule has 1 atom stereocenters. The van der Waals surface area contributed by atoms with Gasteiger partial charge in [-0.15, -0.1) is 22.0 Å². The Bertz CT molecular complexity index is 991. The summed E-state index contributed by atoms with van der Waals surface area (Å²) in [6.07, 6.45) is 4.85. The zero-order valence-corrected chi connectivity index (χ0v) is 18.1. The first-order chi connectivity index (χ1) is 13.5. The topological polar surface area (TPSA) is 75.4 Å². The molecule has 0 spiro atoms. The van der Waals surface area contributed by atoms with E-state index in [4.69, 9.17) is 0 Å². The maximum absolute atomic E-state index is 13.4. The van der Waals surface area contributed by atoms with Gasteiger partial charge in [-0.25, -0.2) is 9.18 Å². The first-order valence-electron chi connectivity index (χ1n) is 8.40. The van der Waals surface area contributed by atoms with Gasteiger partial charge >= 0.3 is 5.97 Å². The van der Waals surface area contributed by atoms with Gasteiger partial charge < -0.3 is 5.11 Å². The highest BCUT2D eigenvalue weighted by molar-refractivity contribution is 8.16. The van der Waals surface area contributed by atoms with Gasteiger partial charge in [0, 0.05) is 17.9 Å². The first-order valence-corrected chi connectivity index (χ1v) is 12.4. The standard InChI is InChI=1S/C18H16FN3O2S4/c1-25-16-21-22-17(28-16)26-8-14-20-18(9-27-14,15(23)24)7-10-4-11-2-3-13(19)6-12(11)5-10/h2-4,6H,5,7-9H2,1H3,(H,23,24). The Morgan fingerprint density at radius 3 is 2.93 bits per heavy atom. The van der Waals surface area contributed by atoms with Crippen molar-refractivity contribution in [2.45, 2.75) is 27.1 Å². The summed E-state index contributed by atoms with van der Waals surface area (Å²) in [5, 5.41) is 18.9. The Morgan fingerprint density at radius 2 is 2.18 bits per heavy atom. The molecule has 10 heteroatoms. The molecule has 2 aromatic rings. The smallest absolute Gasteiger partial charge is 0.332 e. The molecule has 5 nitrogen and oxygen atoms in total. The number of nitrogens with zero attached hydrogens (tertiary/aromatic N) is 3. The van der Waals surface area contributed by atoms with Crippen molar-refractivity contribution >= 4 is 63.7 Å². The molecule has 0 bridgehead atoms. The summed E-state index contributed by atoms with van der Waals surface area (Å²) in [4.78, 5) is 16.7. The Balaban J connectivity index is 1.46. The fraction of sp³-hybridized carbons (Fsp3) is 0.333. The molecule has 2 heterocycles. The van der Waals surface area contributed by atoms with Crippen molar-refractivity contribution in [1.82, 2.24) is 10.2 Å². The van der Waals surface area contributed by atoms with Crippen LogP contribution >= 0.6 is 46.6 Å². The van der Waals surface area contributed by atoms with Crippen molar-refractivity contribution in [3.05, 3.63) is 40.7 Å². The van der Waals surface area contributed by atoms with E-state index in [0.717, 1.165) is 30.4 Å². The van der Waals surface area contributed by atoms with Crippen LogP contribution < -0.4 is 0 Å². The van der Waals surface area contributed by atoms with Gasteiger partial charge in [-0.2, -0.15) is 0 Å². The zero-order chi connectivity index (χ0) is 19.7. The summed E-state index contributed by atoms with van der Waals surface area (Å²) in [6.45, 7) is 0. The Morgan fingerprint density at radius 1 is 1.36 bits per heavy atom. The van der Waals surface area contributed by atoms with Crippen molar-refractivity contribution in [1.29, 1.82) is 0 Å².